The highest BCUT2D eigenvalue weighted by molar-refractivity contribution is 5.81. The summed E-state index contributed by atoms with van der Waals surface area (Å²) in [5.74, 6) is 0.647. The molecule has 1 aromatic carbocycles. The molecule has 0 unspecified atom stereocenters. The van der Waals surface area contributed by atoms with Crippen molar-refractivity contribution in [3.8, 4) is 11.8 Å². The molecule has 1 saturated heterocycles. The summed E-state index contributed by atoms with van der Waals surface area (Å²) >= 11 is 0. The van der Waals surface area contributed by atoms with Gasteiger partial charge in [0.15, 0.2) is 6.10 Å². The Morgan fingerprint density at radius 3 is 3.00 bits per heavy atom. The molecule has 0 aliphatic carbocycles. The second-order valence-corrected chi connectivity index (χ2v) is 6.47. The van der Waals surface area contributed by atoms with Crippen LogP contribution in [0.1, 0.15) is 42.6 Å². The van der Waals surface area contributed by atoms with Gasteiger partial charge in [0.05, 0.1) is 11.3 Å². The summed E-state index contributed by atoms with van der Waals surface area (Å²) in [6, 6.07) is 11.1. The molecule has 2 heterocycles. The van der Waals surface area contributed by atoms with Crippen molar-refractivity contribution in [3.05, 3.63) is 47.3 Å². The second kappa shape index (κ2) is 7.39. The van der Waals surface area contributed by atoms with Crippen LogP contribution < -0.4 is 4.74 Å². The summed E-state index contributed by atoms with van der Waals surface area (Å²) < 4.78 is 5.76. The standard InChI is InChI=1S/C19H22N4O2/c1-13-10-17(22-21-13)16-7-5-9-23(12-16)19(24)14(2)25-18-8-4-3-6-15(18)11-20/h3-4,6,8,10,14,16H,5,7,9,12H2,1-2H3,(H,21,22)/t14-,16-/m0/s1. The molecule has 6 heteroatoms. The molecule has 1 aliphatic rings. The molecule has 0 radical (unpaired) electrons. The fraction of sp³-hybridized carbons (Fsp3) is 0.421. The first-order valence-corrected chi connectivity index (χ1v) is 8.55. The van der Waals surface area contributed by atoms with Crippen LogP contribution in [0.5, 0.6) is 5.75 Å². The van der Waals surface area contributed by atoms with E-state index in [2.05, 4.69) is 16.3 Å². The van der Waals surface area contributed by atoms with Crippen molar-refractivity contribution in [2.45, 2.75) is 38.7 Å². The molecular formula is C19H22N4O2. The molecule has 3 rings (SSSR count). The molecule has 1 aromatic heterocycles. The lowest BCUT2D eigenvalue weighted by Crippen LogP contribution is -2.45. The number of rotatable bonds is 4. The number of nitrogens with one attached hydrogen (secondary N) is 1. The van der Waals surface area contributed by atoms with Gasteiger partial charge in [-0.1, -0.05) is 12.1 Å². The van der Waals surface area contributed by atoms with Gasteiger partial charge in [0.25, 0.3) is 5.91 Å². The molecule has 25 heavy (non-hydrogen) atoms. The average molecular weight is 338 g/mol. The maximum absolute atomic E-state index is 12.8. The van der Waals surface area contributed by atoms with E-state index >= 15 is 0 Å². The van der Waals surface area contributed by atoms with Crippen LogP contribution in [0.4, 0.5) is 0 Å². The van der Waals surface area contributed by atoms with E-state index in [1.165, 1.54) is 0 Å². The Labute approximate surface area is 147 Å². The zero-order valence-electron chi connectivity index (χ0n) is 14.5. The van der Waals surface area contributed by atoms with E-state index in [1.807, 2.05) is 17.9 Å². The molecule has 1 amide bonds. The molecule has 1 fully saturated rings. The van der Waals surface area contributed by atoms with Crippen molar-refractivity contribution in [1.82, 2.24) is 15.1 Å². The topological polar surface area (TPSA) is 82.0 Å². The van der Waals surface area contributed by atoms with Crippen molar-refractivity contribution in [1.29, 1.82) is 5.26 Å². The van der Waals surface area contributed by atoms with Crippen LogP contribution >= 0.6 is 0 Å². The van der Waals surface area contributed by atoms with Gasteiger partial charge in [-0.25, -0.2) is 0 Å². The molecule has 2 aromatic rings. The van der Waals surface area contributed by atoms with Crippen LogP contribution in [0.15, 0.2) is 30.3 Å². The average Bonchev–Trinajstić information content (AvgIpc) is 3.08. The number of aryl methyl sites for hydroxylation is 1. The third-order valence-electron chi connectivity index (χ3n) is 4.54. The molecular weight excluding hydrogens is 316 g/mol. The Morgan fingerprint density at radius 1 is 1.48 bits per heavy atom. The number of amides is 1. The maximum Gasteiger partial charge on any atom is 0.263 e. The maximum atomic E-state index is 12.8. The fourth-order valence-electron chi connectivity index (χ4n) is 3.23. The van der Waals surface area contributed by atoms with Crippen LogP contribution in [-0.2, 0) is 4.79 Å². The van der Waals surface area contributed by atoms with Gasteiger partial charge in [-0.05, 0) is 44.9 Å². The quantitative estimate of drug-likeness (QED) is 0.929. The third-order valence-corrected chi connectivity index (χ3v) is 4.54. The minimum atomic E-state index is -0.630. The number of nitriles is 1. The molecule has 0 bridgehead atoms. The Hall–Kier alpha value is -2.81. The summed E-state index contributed by atoms with van der Waals surface area (Å²) in [6.45, 7) is 5.09. The predicted octanol–water partition coefficient (Wildman–Crippen LogP) is 2.76. The summed E-state index contributed by atoms with van der Waals surface area (Å²) in [6.07, 6.45) is 1.35. The summed E-state index contributed by atoms with van der Waals surface area (Å²) in [7, 11) is 0. The number of aromatic amines is 1. The fourth-order valence-corrected chi connectivity index (χ4v) is 3.23. The highest BCUT2D eigenvalue weighted by atomic mass is 16.5. The van der Waals surface area contributed by atoms with Crippen molar-refractivity contribution < 1.29 is 9.53 Å². The van der Waals surface area contributed by atoms with Gasteiger partial charge in [0, 0.05) is 24.7 Å². The Kier molecular flexibility index (Phi) is 5.03. The Balaban J connectivity index is 1.66. The largest absolute Gasteiger partial charge is 0.480 e. The highest BCUT2D eigenvalue weighted by Crippen LogP contribution is 2.27. The number of H-pyrrole nitrogens is 1. The summed E-state index contributed by atoms with van der Waals surface area (Å²) in [4.78, 5) is 14.6. The lowest BCUT2D eigenvalue weighted by molar-refractivity contribution is -0.139. The van der Waals surface area contributed by atoms with Gasteiger partial charge in [-0.2, -0.15) is 10.4 Å². The molecule has 2 atom stereocenters. The Morgan fingerprint density at radius 2 is 2.28 bits per heavy atom. The Bertz CT molecular complexity index is 793. The molecule has 130 valence electrons. The van der Waals surface area contributed by atoms with Gasteiger partial charge in [0.2, 0.25) is 0 Å². The highest BCUT2D eigenvalue weighted by Gasteiger charge is 2.29. The van der Waals surface area contributed by atoms with Gasteiger partial charge in [-0.3, -0.25) is 9.89 Å². The van der Waals surface area contributed by atoms with Gasteiger partial charge in [-0.15, -0.1) is 0 Å². The number of carbonyl (C=O) groups is 1. The molecule has 6 nitrogen and oxygen atoms in total. The van der Waals surface area contributed by atoms with Crippen LogP contribution in [-0.4, -0.2) is 40.2 Å². The third kappa shape index (κ3) is 3.82. The number of para-hydroxylation sites is 1. The molecule has 0 saturated carbocycles. The van der Waals surface area contributed by atoms with Crippen molar-refractivity contribution in [2.75, 3.05) is 13.1 Å². The molecule has 1 N–H and O–H groups in total. The summed E-state index contributed by atoms with van der Waals surface area (Å²) in [5.41, 5.74) is 2.48. The first-order chi connectivity index (χ1) is 12.1. The molecule has 1 aliphatic heterocycles. The minimum Gasteiger partial charge on any atom is -0.480 e. The SMILES string of the molecule is Cc1cc([C@H]2CCCN(C(=O)[C@H](C)Oc3ccccc3C#N)C2)n[nH]1. The number of piperidine rings is 1. The van der Waals surface area contributed by atoms with Gasteiger partial charge >= 0.3 is 0 Å². The van der Waals surface area contributed by atoms with E-state index in [0.29, 0.717) is 17.9 Å². The number of aromatic nitrogens is 2. The predicted molar refractivity (Wildman–Crippen MR) is 93.1 cm³/mol. The van der Waals surface area contributed by atoms with E-state index in [0.717, 1.165) is 30.8 Å². The van der Waals surface area contributed by atoms with E-state index < -0.39 is 6.10 Å². The van der Waals surface area contributed by atoms with Crippen LogP contribution in [0.25, 0.3) is 0 Å². The number of hydrogen-bond acceptors (Lipinski definition) is 4. The van der Waals surface area contributed by atoms with Crippen LogP contribution in [0, 0.1) is 18.3 Å². The minimum absolute atomic E-state index is 0.0512. The number of likely N-dealkylation sites (tertiary alicyclic amines) is 1. The smallest absolute Gasteiger partial charge is 0.263 e. The summed E-state index contributed by atoms with van der Waals surface area (Å²) in [5, 5.41) is 16.5. The van der Waals surface area contributed by atoms with Gasteiger partial charge < -0.3 is 9.64 Å². The number of nitrogens with zero attached hydrogens (tertiary/aromatic N) is 3. The number of hydrogen-bond donors (Lipinski definition) is 1. The van der Waals surface area contributed by atoms with E-state index in [9.17, 15) is 4.79 Å². The number of carbonyl (C=O) groups excluding carboxylic acids is 1. The molecule has 0 spiro atoms. The van der Waals surface area contributed by atoms with Crippen molar-refractivity contribution in [3.63, 3.8) is 0 Å². The van der Waals surface area contributed by atoms with Crippen molar-refractivity contribution >= 4 is 5.91 Å². The van der Waals surface area contributed by atoms with Crippen LogP contribution in [0.2, 0.25) is 0 Å². The van der Waals surface area contributed by atoms with Crippen LogP contribution in [0.3, 0.4) is 0 Å². The second-order valence-electron chi connectivity index (χ2n) is 6.47. The monoisotopic (exact) mass is 338 g/mol. The normalized spacial score (nSPS) is 18.4. The number of ether oxygens (including phenoxy) is 1. The van der Waals surface area contributed by atoms with Crippen molar-refractivity contribution in [2.24, 2.45) is 0 Å². The first kappa shape index (κ1) is 17.0. The zero-order chi connectivity index (χ0) is 17.8. The zero-order valence-corrected chi connectivity index (χ0v) is 14.5. The number of benzene rings is 1. The van der Waals surface area contributed by atoms with Gasteiger partial charge in [0.1, 0.15) is 11.8 Å². The lowest BCUT2D eigenvalue weighted by Gasteiger charge is -2.33. The van der Waals surface area contributed by atoms with E-state index in [4.69, 9.17) is 10.00 Å². The van der Waals surface area contributed by atoms with E-state index in [1.54, 1.807) is 31.2 Å². The lowest BCUT2D eigenvalue weighted by atomic mass is 9.94. The van der Waals surface area contributed by atoms with E-state index in [-0.39, 0.29) is 11.8 Å². The first-order valence-electron chi connectivity index (χ1n) is 8.55.